The normalized spacial score (nSPS) is 16.1. The lowest BCUT2D eigenvalue weighted by Gasteiger charge is -2.33. The summed E-state index contributed by atoms with van der Waals surface area (Å²) >= 11 is 3.09. The lowest BCUT2D eigenvalue weighted by Crippen LogP contribution is -2.38. The van der Waals surface area contributed by atoms with E-state index in [0.29, 0.717) is 17.1 Å². The topological polar surface area (TPSA) is 94.5 Å². The molecule has 9 nitrogen and oxygen atoms in total. The maximum atomic E-state index is 6.21. The van der Waals surface area contributed by atoms with Crippen LogP contribution in [0.5, 0.6) is 5.19 Å². The number of hydrogen-bond acceptors (Lipinski definition) is 10. The molecule has 0 aliphatic carbocycles. The zero-order valence-electron chi connectivity index (χ0n) is 19.1. The van der Waals surface area contributed by atoms with Crippen molar-refractivity contribution in [2.75, 3.05) is 24.2 Å². The Morgan fingerprint density at radius 3 is 2.64 bits per heavy atom. The van der Waals surface area contributed by atoms with E-state index in [2.05, 4.69) is 45.9 Å². The highest BCUT2D eigenvalue weighted by Crippen LogP contribution is 2.30. The standard InChI is InChI=1S/C22H27N7O2S2/c1-13(2)19-25-20(31-27-19)28-9-7-15(8-10-28)14(3)30-22-26-29-12-17(24-21(29)33-22)16-5-6-18(32-4)23-11-16/h5-6,11-15H,7-10H2,1-4H3/t14-/m0/s1. The Morgan fingerprint density at radius 2 is 2.00 bits per heavy atom. The lowest BCUT2D eigenvalue weighted by atomic mass is 9.92. The van der Waals surface area contributed by atoms with Crippen molar-refractivity contribution in [1.82, 2.24) is 29.7 Å². The fourth-order valence-electron chi connectivity index (χ4n) is 3.93. The SMILES string of the molecule is CSc1ccc(-c2cn3nc(O[C@@H](C)C4CCN(c5nc(C(C)C)no5)CC4)sc3n2)cn1. The van der Waals surface area contributed by atoms with Crippen molar-refractivity contribution in [2.45, 2.75) is 50.7 Å². The number of anilines is 1. The Bertz CT molecular complexity index is 1180. The van der Waals surface area contributed by atoms with Gasteiger partial charge in [0.2, 0.25) is 4.96 Å². The molecule has 174 valence electrons. The van der Waals surface area contributed by atoms with Gasteiger partial charge in [-0.1, -0.05) is 19.0 Å². The molecule has 4 aromatic heterocycles. The number of hydrogen-bond donors (Lipinski definition) is 0. The summed E-state index contributed by atoms with van der Waals surface area (Å²) in [6.07, 6.45) is 7.87. The Labute approximate surface area is 200 Å². The molecular formula is C22H27N7O2S2. The van der Waals surface area contributed by atoms with Gasteiger partial charge >= 0.3 is 6.01 Å². The van der Waals surface area contributed by atoms with Crippen LogP contribution >= 0.6 is 23.1 Å². The third-order valence-electron chi connectivity index (χ3n) is 5.97. The minimum Gasteiger partial charge on any atom is -0.466 e. The zero-order valence-corrected chi connectivity index (χ0v) is 20.8. The molecule has 1 aliphatic rings. The zero-order chi connectivity index (χ0) is 22.9. The van der Waals surface area contributed by atoms with Gasteiger partial charge in [0.05, 0.1) is 16.9 Å². The Kier molecular flexibility index (Phi) is 6.24. The van der Waals surface area contributed by atoms with Crippen LogP contribution in [0, 0.1) is 5.92 Å². The molecule has 0 spiro atoms. The van der Waals surface area contributed by atoms with E-state index in [1.165, 1.54) is 11.3 Å². The van der Waals surface area contributed by atoms with Gasteiger partial charge < -0.3 is 14.2 Å². The van der Waals surface area contributed by atoms with Crippen molar-refractivity contribution in [3.05, 3.63) is 30.4 Å². The summed E-state index contributed by atoms with van der Waals surface area (Å²) in [4.78, 5) is 16.6. The molecule has 0 radical (unpaired) electrons. The molecule has 0 amide bonds. The first-order chi connectivity index (χ1) is 16.0. The highest BCUT2D eigenvalue weighted by atomic mass is 32.2. The van der Waals surface area contributed by atoms with Crippen LogP contribution in [0.25, 0.3) is 16.2 Å². The first-order valence-corrected chi connectivity index (χ1v) is 13.2. The molecule has 5 rings (SSSR count). The second-order valence-corrected chi connectivity index (χ2v) is 10.3. The van der Waals surface area contributed by atoms with Crippen molar-refractivity contribution in [3.63, 3.8) is 0 Å². The van der Waals surface area contributed by atoms with Crippen LogP contribution in [0.4, 0.5) is 6.01 Å². The number of imidazole rings is 1. The second-order valence-electron chi connectivity index (χ2n) is 8.55. The van der Waals surface area contributed by atoms with E-state index in [-0.39, 0.29) is 12.0 Å². The smallest absolute Gasteiger partial charge is 0.324 e. The largest absolute Gasteiger partial charge is 0.466 e. The molecule has 5 heterocycles. The number of rotatable bonds is 7. The van der Waals surface area contributed by atoms with Gasteiger partial charge in [-0.15, -0.1) is 16.9 Å². The molecule has 0 unspecified atom stereocenters. The quantitative estimate of drug-likeness (QED) is 0.343. The first kappa shape index (κ1) is 22.1. The van der Waals surface area contributed by atoms with Crippen LogP contribution in [0.3, 0.4) is 0 Å². The van der Waals surface area contributed by atoms with E-state index in [1.807, 2.05) is 30.8 Å². The van der Waals surface area contributed by atoms with Crippen molar-refractivity contribution in [3.8, 4) is 16.5 Å². The van der Waals surface area contributed by atoms with Gasteiger partial charge in [-0.25, -0.2) is 14.5 Å². The molecule has 0 saturated carbocycles. The molecule has 0 bridgehead atoms. The lowest BCUT2D eigenvalue weighted by molar-refractivity contribution is 0.130. The molecule has 0 N–H and O–H groups in total. The summed E-state index contributed by atoms with van der Waals surface area (Å²) < 4.78 is 13.4. The highest BCUT2D eigenvalue weighted by molar-refractivity contribution is 7.98. The minimum absolute atomic E-state index is 0.0691. The predicted octanol–water partition coefficient (Wildman–Crippen LogP) is 4.77. The van der Waals surface area contributed by atoms with Crippen LogP contribution in [0.15, 0.2) is 34.1 Å². The van der Waals surface area contributed by atoms with E-state index in [4.69, 9.17) is 14.2 Å². The fourth-order valence-corrected chi connectivity index (χ4v) is 5.10. The number of piperidine rings is 1. The fraction of sp³-hybridized carbons (Fsp3) is 0.500. The number of aromatic nitrogens is 6. The molecular weight excluding hydrogens is 458 g/mol. The number of ether oxygens (including phenoxy) is 1. The summed E-state index contributed by atoms with van der Waals surface area (Å²) in [7, 11) is 0. The molecule has 4 aromatic rings. The van der Waals surface area contributed by atoms with Gasteiger partial charge in [-0.2, -0.15) is 4.98 Å². The van der Waals surface area contributed by atoms with Gasteiger partial charge in [0, 0.05) is 30.8 Å². The van der Waals surface area contributed by atoms with Gasteiger partial charge in [-0.3, -0.25) is 0 Å². The van der Waals surface area contributed by atoms with Crippen molar-refractivity contribution >= 4 is 34.1 Å². The molecule has 1 atom stereocenters. The van der Waals surface area contributed by atoms with Crippen molar-refractivity contribution in [2.24, 2.45) is 5.92 Å². The summed E-state index contributed by atoms with van der Waals surface area (Å²) in [5.74, 6) is 1.47. The van der Waals surface area contributed by atoms with Crippen molar-refractivity contribution < 1.29 is 9.26 Å². The van der Waals surface area contributed by atoms with E-state index in [1.54, 1.807) is 16.3 Å². The Morgan fingerprint density at radius 1 is 1.18 bits per heavy atom. The number of thioether (sulfide) groups is 1. The van der Waals surface area contributed by atoms with Crippen LogP contribution in [0.1, 0.15) is 45.4 Å². The Hall–Kier alpha value is -2.66. The van der Waals surface area contributed by atoms with E-state index >= 15 is 0 Å². The minimum atomic E-state index is 0.0691. The van der Waals surface area contributed by atoms with Gasteiger partial charge in [0.1, 0.15) is 6.10 Å². The van der Waals surface area contributed by atoms with Gasteiger partial charge in [0.25, 0.3) is 5.19 Å². The summed E-state index contributed by atoms with van der Waals surface area (Å²) in [6, 6.07) is 4.67. The highest BCUT2D eigenvalue weighted by Gasteiger charge is 2.28. The third kappa shape index (κ3) is 4.70. The average Bonchev–Trinajstić information content (AvgIpc) is 3.54. The third-order valence-corrected chi connectivity index (χ3v) is 7.45. The molecule has 0 aromatic carbocycles. The van der Waals surface area contributed by atoms with Crippen LogP contribution in [-0.2, 0) is 0 Å². The molecule has 1 fully saturated rings. The average molecular weight is 486 g/mol. The van der Waals surface area contributed by atoms with Crippen molar-refractivity contribution in [1.29, 1.82) is 0 Å². The predicted molar refractivity (Wildman–Crippen MR) is 129 cm³/mol. The second kappa shape index (κ2) is 9.30. The maximum Gasteiger partial charge on any atom is 0.324 e. The summed E-state index contributed by atoms with van der Waals surface area (Å²) in [5.41, 5.74) is 1.84. The summed E-state index contributed by atoms with van der Waals surface area (Å²) in [5, 5.41) is 10.3. The maximum absolute atomic E-state index is 6.21. The molecule has 33 heavy (non-hydrogen) atoms. The Balaban J connectivity index is 1.18. The van der Waals surface area contributed by atoms with E-state index in [9.17, 15) is 0 Å². The number of nitrogens with zero attached hydrogens (tertiary/aromatic N) is 7. The number of pyridine rings is 1. The summed E-state index contributed by atoms with van der Waals surface area (Å²) in [6.45, 7) is 8.02. The van der Waals surface area contributed by atoms with Crippen LogP contribution in [-0.4, -0.2) is 55.2 Å². The molecule has 1 aliphatic heterocycles. The van der Waals surface area contributed by atoms with E-state index < -0.39 is 0 Å². The van der Waals surface area contributed by atoms with Crippen LogP contribution in [0.2, 0.25) is 0 Å². The monoisotopic (exact) mass is 485 g/mol. The number of fused-ring (bicyclic) bond motifs is 1. The van der Waals surface area contributed by atoms with Crippen LogP contribution < -0.4 is 9.64 Å². The molecule has 11 heteroatoms. The van der Waals surface area contributed by atoms with E-state index in [0.717, 1.165) is 53.0 Å². The molecule has 1 saturated heterocycles. The van der Waals surface area contributed by atoms with Gasteiger partial charge in [-0.05, 0) is 55.4 Å². The van der Waals surface area contributed by atoms with Gasteiger partial charge in [0.15, 0.2) is 5.82 Å². The first-order valence-electron chi connectivity index (χ1n) is 11.1.